The molecule has 0 unspecified atom stereocenters. The predicted molar refractivity (Wildman–Crippen MR) is 85.4 cm³/mol. The topological polar surface area (TPSA) is 77.5 Å². The molecule has 1 aliphatic rings. The molecule has 0 heterocycles. The van der Waals surface area contributed by atoms with Crippen molar-refractivity contribution in [3.8, 4) is 0 Å². The van der Waals surface area contributed by atoms with Crippen molar-refractivity contribution in [1.82, 2.24) is 0 Å². The number of sulfone groups is 1. The highest BCUT2D eigenvalue weighted by Gasteiger charge is 2.52. The molecule has 124 valence electrons. The quantitative estimate of drug-likeness (QED) is 0.562. The van der Waals surface area contributed by atoms with Crippen LogP contribution in [0.3, 0.4) is 0 Å². The number of benzene rings is 1. The first-order valence-electron chi connectivity index (χ1n) is 7.47. The highest BCUT2D eigenvalue weighted by Crippen LogP contribution is 2.50. The van der Waals surface area contributed by atoms with E-state index in [-0.39, 0.29) is 28.4 Å². The van der Waals surface area contributed by atoms with Gasteiger partial charge in [-0.15, -0.1) is 0 Å². The fourth-order valence-corrected chi connectivity index (χ4v) is 4.20. The number of carbonyl (C=O) groups excluding carboxylic acids is 2. The first-order chi connectivity index (χ1) is 10.9. The molecular weight excluding hydrogens is 316 g/mol. The number of esters is 1. The Morgan fingerprint density at radius 1 is 1.22 bits per heavy atom. The molecule has 1 aliphatic carbocycles. The van der Waals surface area contributed by atoms with E-state index in [1.807, 2.05) is 6.92 Å². The number of ether oxygens (including phenoxy) is 1. The molecule has 0 amide bonds. The van der Waals surface area contributed by atoms with Gasteiger partial charge in [0.2, 0.25) is 0 Å². The van der Waals surface area contributed by atoms with Crippen LogP contribution in [0.5, 0.6) is 0 Å². The Kier molecular flexibility index (Phi) is 5.36. The van der Waals surface area contributed by atoms with Gasteiger partial charge in [0.15, 0.2) is 15.6 Å². The average Bonchev–Trinajstić information content (AvgIpc) is 3.26. The fourth-order valence-electron chi connectivity index (χ4n) is 2.89. The lowest BCUT2D eigenvalue weighted by molar-refractivity contribution is -0.134. The molecule has 23 heavy (non-hydrogen) atoms. The average molecular weight is 336 g/mol. The molecule has 0 N–H and O–H groups in total. The van der Waals surface area contributed by atoms with Crippen molar-refractivity contribution in [3.63, 3.8) is 0 Å². The summed E-state index contributed by atoms with van der Waals surface area (Å²) in [5.74, 6) is -1.60. The Morgan fingerprint density at radius 3 is 2.43 bits per heavy atom. The van der Waals surface area contributed by atoms with Crippen LogP contribution in [-0.4, -0.2) is 33.0 Å². The van der Waals surface area contributed by atoms with E-state index in [0.717, 1.165) is 6.42 Å². The van der Waals surface area contributed by atoms with Gasteiger partial charge in [0.1, 0.15) is 5.75 Å². The lowest BCUT2D eigenvalue weighted by atomic mass is 10.2. The second-order valence-electron chi connectivity index (χ2n) is 5.60. The summed E-state index contributed by atoms with van der Waals surface area (Å²) in [7, 11) is -2.34. The second kappa shape index (κ2) is 7.08. The molecule has 0 saturated heterocycles. The first kappa shape index (κ1) is 17.4. The van der Waals surface area contributed by atoms with Crippen LogP contribution < -0.4 is 0 Å². The molecule has 3 atom stereocenters. The van der Waals surface area contributed by atoms with E-state index in [4.69, 9.17) is 0 Å². The van der Waals surface area contributed by atoms with Gasteiger partial charge >= 0.3 is 5.97 Å². The molecule has 1 aromatic rings. The minimum Gasteiger partial charge on any atom is -0.466 e. The fraction of sp³-hybridized carbons (Fsp3) is 0.412. The molecule has 1 aromatic carbocycles. The van der Waals surface area contributed by atoms with Gasteiger partial charge in [0.05, 0.1) is 12.0 Å². The van der Waals surface area contributed by atoms with E-state index in [1.165, 1.54) is 25.3 Å². The van der Waals surface area contributed by atoms with Gasteiger partial charge in [-0.25, -0.2) is 13.2 Å². The van der Waals surface area contributed by atoms with Gasteiger partial charge < -0.3 is 4.74 Å². The van der Waals surface area contributed by atoms with Crippen LogP contribution >= 0.6 is 0 Å². The summed E-state index contributed by atoms with van der Waals surface area (Å²) in [4.78, 5) is 23.7. The summed E-state index contributed by atoms with van der Waals surface area (Å²) in [6.07, 6.45) is 3.71. The van der Waals surface area contributed by atoms with Gasteiger partial charge in [0, 0.05) is 12.0 Å². The van der Waals surface area contributed by atoms with Gasteiger partial charge in [-0.05, 0) is 24.0 Å². The van der Waals surface area contributed by atoms with Crippen molar-refractivity contribution < 1.29 is 22.7 Å². The lowest BCUT2D eigenvalue weighted by Gasteiger charge is -2.03. The van der Waals surface area contributed by atoms with Gasteiger partial charge in [-0.3, -0.25) is 4.79 Å². The van der Waals surface area contributed by atoms with Crippen molar-refractivity contribution >= 4 is 21.6 Å². The third kappa shape index (κ3) is 4.07. The van der Waals surface area contributed by atoms with E-state index in [9.17, 15) is 18.0 Å². The van der Waals surface area contributed by atoms with E-state index >= 15 is 0 Å². The molecule has 5 nitrogen and oxygen atoms in total. The summed E-state index contributed by atoms with van der Waals surface area (Å²) in [5, 5.41) is 0. The lowest BCUT2D eigenvalue weighted by Crippen LogP contribution is -2.18. The molecule has 0 bridgehead atoms. The van der Waals surface area contributed by atoms with Crippen LogP contribution in [-0.2, 0) is 24.2 Å². The molecule has 2 rings (SSSR count). The van der Waals surface area contributed by atoms with Crippen molar-refractivity contribution in [3.05, 3.63) is 42.5 Å². The third-order valence-corrected chi connectivity index (χ3v) is 5.82. The largest absolute Gasteiger partial charge is 0.466 e. The summed E-state index contributed by atoms with van der Waals surface area (Å²) < 4.78 is 29.1. The highest BCUT2D eigenvalue weighted by molar-refractivity contribution is 7.92. The van der Waals surface area contributed by atoms with Crippen LogP contribution in [0, 0.1) is 17.8 Å². The first-order valence-corrected chi connectivity index (χ1v) is 9.12. The SMILES string of the molecule is CC[C@@H]1[C@@H](/C=C\C(=O)OC)[C@H]1C(=O)CS(=O)(=O)c1ccccc1. The maximum atomic E-state index is 12.4. The minimum atomic E-state index is -3.62. The summed E-state index contributed by atoms with van der Waals surface area (Å²) in [6, 6.07) is 7.96. The highest BCUT2D eigenvalue weighted by atomic mass is 32.2. The number of methoxy groups -OCH3 is 1. The van der Waals surface area contributed by atoms with Crippen molar-refractivity contribution in [2.75, 3.05) is 12.9 Å². The third-order valence-electron chi connectivity index (χ3n) is 4.16. The Hall–Kier alpha value is -1.95. The Labute approximate surface area is 136 Å². The molecule has 0 radical (unpaired) electrons. The number of hydrogen-bond donors (Lipinski definition) is 0. The number of ketones is 1. The van der Waals surface area contributed by atoms with Gasteiger partial charge in [-0.2, -0.15) is 0 Å². The van der Waals surface area contributed by atoms with Crippen LogP contribution in [0.25, 0.3) is 0 Å². The zero-order chi connectivity index (χ0) is 17.0. The maximum absolute atomic E-state index is 12.4. The van der Waals surface area contributed by atoms with E-state index in [1.54, 1.807) is 24.3 Å². The van der Waals surface area contributed by atoms with Crippen molar-refractivity contribution in [2.45, 2.75) is 18.2 Å². The molecular formula is C17H20O5S. The molecule has 0 spiro atoms. The minimum absolute atomic E-state index is 0.0856. The number of carbonyl (C=O) groups is 2. The Bertz CT molecular complexity index is 706. The van der Waals surface area contributed by atoms with Crippen LogP contribution in [0.1, 0.15) is 13.3 Å². The van der Waals surface area contributed by atoms with E-state index in [0.29, 0.717) is 0 Å². The summed E-state index contributed by atoms with van der Waals surface area (Å²) in [5.41, 5.74) is 0. The number of Topliss-reactive ketones (excluding diaryl/α,β-unsaturated/α-hetero) is 1. The Balaban J connectivity index is 2.06. The van der Waals surface area contributed by atoms with E-state index < -0.39 is 21.6 Å². The second-order valence-corrected chi connectivity index (χ2v) is 7.59. The maximum Gasteiger partial charge on any atom is 0.330 e. The molecule has 6 heteroatoms. The van der Waals surface area contributed by atoms with Crippen LogP contribution in [0.4, 0.5) is 0 Å². The standard InChI is InChI=1S/C17H20O5S/c1-3-13-14(9-10-16(19)22-2)17(13)15(18)11-23(20,21)12-7-5-4-6-8-12/h4-10,13-14,17H,3,11H2,1-2H3/b10-9-/t13-,14-,17+/m1/s1. The van der Waals surface area contributed by atoms with Crippen LogP contribution in [0.15, 0.2) is 47.4 Å². The zero-order valence-corrected chi connectivity index (χ0v) is 14.0. The summed E-state index contributed by atoms with van der Waals surface area (Å²) >= 11 is 0. The summed E-state index contributed by atoms with van der Waals surface area (Å²) in [6.45, 7) is 1.95. The van der Waals surface area contributed by atoms with Crippen molar-refractivity contribution in [2.24, 2.45) is 17.8 Å². The van der Waals surface area contributed by atoms with Gasteiger partial charge in [-0.1, -0.05) is 37.6 Å². The smallest absolute Gasteiger partial charge is 0.330 e. The molecule has 1 saturated carbocycles. The molecule has 1 fully saturated rings. The van der Waals surface area contributed by atoms with Gasteiger partial charge in [0.25, 0.3) is 0 Å². The van der Waals surface area contributed by atoms with Crippen molar-refractivity contribution in [1.29, 1.82) is 0 Å². The zero-order valence-electron chi connectivity index (χ0n) is 13.1. The monoisotopic (exact) mass is 336 g/mol. The number of rotatable bonds is 7. The Morgan fingerprint density at radius 2 is 1.87 bits per heavy atom. The normalized spacial score (nSPS) is 23.7. The molecule has 0 aromatic heterocycles. The molecule has 0 aliphatic heterocycles. The number of hydrogen-bond acceptors (Lipinski definition) is 5. The van der Waals surface area contributed by atoms with Crippen LogP contribution in [0.2, 0.25) is 0 Å². The predicted octanol–water partition coefficient (Wildman–Crippen LogP) is 2.03. The number of allylic oxidation sites excluding steroid dienone is 1. The van der Waals surface area contributed by atoms with E-state index in [2.05, 4.69) is 4.74 Å².